The van der Waals surface area contributed by atoms with Crippen LogP contribution in [0.15, 0.2) is 30.3 Å². The van der Waals surface area contributed by atoms with E-state index in [2.05, 4.69) is 10.3 Å². The van der Waals surface area contributed by atoms with E-state index in [-0.39, 0.29) is 6.54 Å². The Bertz CT molecular complexity index is 542. The van der Waals surface area contributed by atoms with Crippen LogP contribution in [-0.4, -0.2) is 22.6 Å². The molecule has 1 heterocycles. The normalized spacial score (nSPS) is 10.3. The largest absolute Gasteiger partial charge is 0.480 e. The van der Waals surface area contributed by atoms with E-state index in [9.17, 15) is 4.79 Å². The van der Waals surface area contributed by atoms with Crippen molar-refractivity contribution < 1.29 is 9.90 Å². The SMILES string of the molecule is O=C(O)CNc1ccc2ccc(Cl)cc2n1. The van der Waals surface area contributed by atoms with Gasteiger partial charge in [0.05, 0.1) is 5.52 Å². The number of rotatable bonds is 3. The van der Waals surface area contributed by atoms with E-state index < -0.39 is 5.97 Å². The highest BCUT2D eigenvalue weighted by Gasteiger charge is 2.00. The van der Waals surface area contributed by atoms with Crippen LogP contribution in [0.4, 0.5) is 5.82 Å². The fourth-order valence-corrected chi connectivity index (χ4v) is 1.52. The Morgan fingerprint density at radius 1 is 1.38 bits per heavy atom. The average molecular weight is 237 g/mol. The molecular formula is C11H9ClN2O2. The molecule has 0 fully saturated rings. The van der Waals surface area contributed by atoms with E-state index in [1.54, 1.807) is 18.2 Å². The lowest BCUT2D eigenvalue weighted by atomic mass is 10.2. The summed E-state index contributed by atoms with van der Waals surface area (Å²) in [6.45, 7) is -0.154. The van der Waals surface area contributed by atoms with Crippen molar-refractivity contribution in [1.29, 1.82) is 0 Å². The van der Waals surface area contributed by atoms with Crippen molar-refractivity contribution in [2.45, 2.75) is 0 Å². The van der Waals surface area contributed by atoms with E-state index in [4.69, 9.17) is 16.7 Å². The smallest absolute Gasteiger partial charge is 0.322 e. The van der Waals surface area contributed by atoms with Gasteiger partial charge in [0.25, 0.3) is 0 Å². The molecule has 1 aromatic heterocycles. The quantitative estimate of drug-likeness (QED) is 0.859. The van der Waals surface area contributed by atoms with Gasteiger partial charge in [-0.2, -0.15) is 0 Å². The van der Waals surface area contributed by atoms with Gasteiger partial charge in [-0.05, 0) is 24.3 Å². The molecule has 2 rings (SSSR count). The first-order valence-corrected chi connectivity index (χ1v) is 5.05. The minimum Gasteiger partial charge on any atom is -0.480 e. The van der Waals surface area contributed by atoms with Gasteiger partial charge in [-0.15, -0.1) is 0 Å². The number of aliphatic carboxylic acids is 1. The minimum absolute atomic E-state index is 0.154. The lowest BCUT2D eigenvalue weighted by Crippen LogP contribution is -2.13. The van der Waals surface area contributed by atoms with Gasteiger partial charge in [-0.1, -0.05) is 17.7 Å². The summed E-state index contributed by atoms with van der Waals surface area (Å²) in [5.74, 6) is -0.398. The number of nitrogens with zero attached hydrogens (tertiary/aromatic N) is 1. The summed E-state index contributed by atoms with van der Waals surface area (Å²) in [5, 5.41) is 12.8. The monoisotopic (exact) mass is 236 g/mol. The van der Waals surface area contributed by atoms with E-state index >= 15 is 0 Å². The molecule has 0 saturated carbocycles. The van der Waals surface area contributed by atoms with Crippen LogP contribution in [-0.2, 0) is 4.79 Å². The first kappa shape index (κ1) is 10.7. The van der Waals surface area contributed by atoms with Crippen LogP contribution in [0, 0.1) is 0 Å². The third-order valence-electron chi connectivity index (χ3n) is 2.07. The molecule has 5 heteroatoms. The van der Waals surface area contributed by atoms with Crippen molar-refractivity contribution in [2.24, 2.45) is 0 Å². The number of fused-ring (bicyclic) bond motifs is 1. The highest BCUT2D eigenvalue weighted by atomic mass is 35.5. The second-order valence-electron chi connectivity index (χ2n) is 3.28. The van der Waals surface area contributed by atoms with E-state index in [0.717, 1.165) is 10.9 Å². The van der Waals surface area contributed by atoms with Gasteiger partial charge >= 0.3 is 5.97 Å². The highest BCUT2D eigenvalue weighted by Crippen LogP contribution is 2.19. The van der Waals surface area contributed by atoms with Crippen LogP contribution in [0.5, 0.6) is 0 Å². The number of halogens is 1. The molecule has 82 valence electrons. The van der Waals surface area contributed by atoms with Crippen molar-refractivity contribution in [2.75, 3.05) is 11.9 Å². The van der Waals surface area contributed by atoms with Crippen molar-refractivity contribution >= 4 is 34.3 Å². The van der Waals surface area contributed by atoms with Crippen LogP contribution in [0.25, 0.3) is 10.9 Å². The number of pyridine rings is 1. The molecule has 0 unspecified atom stereocenters. The molecule has 0 amide bonds. The number of anilines is 1. The van der Waals surface area contributed by atoms with Crippen LogP contribution >= 0.6 is 11.6 Å². The molecule has 16 heavy (non-hydrogen) atoms. The summed E-state index contributed by atoms with van der Waals surface area (Å²) in [6, 6.07) is 8.99. The Morgan fingerprint density at radius 3 is 2.88 bits per heavy atom. The number of carboxylic acid groups (broad SMARTS) is 1. The predicted octanol–water partition coefficient (Wildman–Crippen LogP) is 2.38. The first-order valence-electron chi connectivity index (χ1n) is 4.67. The Morgan fingerprint density at radius 2 is 2.12 bits per heavy atom. The van der Waals surface area contributed by atoms with Crippen molar-refractivity contribution in [3.8, 4) is 0 Å². The summed E-state index contributed by atoms with van der Waals surface area (Å²) in [6.07, 6.45) is 0. The second kappa shape index (κ2) is 4.37. The van der Waals surface area contributed by atoms with Crippen molar-refractivity contribution in [3.63, 3.8) is 0 Å². The predicted molar refractivity (Wildman–Crippen MR) is 62.9 cm³/mol. The van der Waals surface area contributed by atoms with Gasteiger partial charge in [0.1, 0.15) is 12.4 Å². The average Bonchev–Trinajstić information content (AvgIpc) is 2.25. The van der Waals surface area contributed by atoms with Crippen molar-refractivity contribution in [1.82, 2.24) is 4.98 Å². The summed E-state index contributed by atoms with van der Waals surface area (Å²) < 4.78 is 0. The minimum atomic E-state index is -0.923. The molecule has 0 spiro atoms. The molecule has 0 atom stereocenters. The van der Waals surface area contributed by atoms with E-state index in [1.165, 1.54) is 0 Å². The van der Waals surface area contributed by atoms with Gasteiger partial charge in [0.15, 0.2) is 0 Å². The number of carboxylic acids is 1. The zero-order valence-corrected chi connectivity index (χ0v) is 9.03. The highest BCUT2D eigenvalue weighted by molar-refractivity contribution is 6.31. The Kier molecular flexibility index (Phi) is 2.92. The fraction of sp³-hybridized carbons (Fsp3) is 0.0909. The van der Waals surface area contributed by atoms with Gasteiger partial charge in [0, 0.05) is 10.4 Å². The van der Waals surface area contributed by atoms with Crippen LogP contribution in [0.3, 0.4) is 0 Å². The number of benzene rings is 1. The maximum Gasteiger partial charge on any atom is 0.322 e. The molecule has 0 aliphatic heterocycles. The molecule has 0 bridgehead atoms. The van der Waals surface area contributed by atoms with Crippen LogP contribution < -0.4 is 5.32 Å². The number of hydrogen-bond donors (Lipinski definition) is 2. The molecule has 2 aromatic rings. The topological polar surface area (TPSA) is 62.2 Å². The van der Waals surface area contributed by atoms with Gasteiger partial charge in [0.2, 0.25) is 0 Å². The number of aromatic nitrogens is 1. The molecule has 0 saturated heterocycles. The second-order valence-corrected chi connectivity index (χ2v) is 3.72. The number of carbonyl (C=O) groups is 1. The molecule has 0 aliphatic carbocycles. The first-order chi connectivity index (χ1) is 7.65. The van der Waals surface area contributed by atoms with E-state index in [1.807, 2.05) is 12.1 Å². The Hall–Kier alpha value is -1.81. The molecule has 1 aromatic carbocycles. The summed E-state index contributed by atoms with van der Waals surface area (Å²) in [4.78, 5) is 14.6. The zero-order valence-electron chi connectivity index (χ0n) is 8.27. The Balaban J connectivity index is 2.31. The standard InChI is InChI=1S/C11H9ClN2O2/c12-8-3-1-7-2-4-10(13-6-11(15)16)14-9(7)5-8/h1-5H,6H2,(H,13,14)(H,15,16). The summed E-state index contributed by atoms with van der Waals surface area (Å²) >= 11 is 5.84. The van der Waals surface area contributed by atoms with Gasteiger partial charge in [-0.3, -0.25) is 4.79 Å². The van der Waals surface area contributed by atoms with E-state index in [0.29, 0.717) is 10.8 Å². The summed E-state index contributed by atoms with van der Waals surface area (Å²) in [5.41, 5.74) is 0.739. The van der Waals surface area contributed by atoms with Gasteiger partial charge in [-0.25, -0.2) is 4.98 Å². The maximum absolute atomic E-state index is 10.4. The van der Waals surface area contributed by atoms with Crippen LogP contribution in [0.2, 0.25) is 5.02 Å². The third kappa shape index (κ3) is 2.41. The lowest BCUT2D eigenvalue weighted by molar-refractivity contribution is -0.134. The molecule has 0 radical (unpaired) electrons. The van der Waals surface area contributed by atoms with Gasteiger partial charge < -0.3 is 10.4 Å². The maximum atomic E-state index is 10.4. The molecule has 4 nitrogen and oxygen atoms in total. The van der Waals surface area contributed by atoms with Crippen LogP contribution in [0.1, 0.15) is 0 Å². The lowest BCUT2D eigenvalue weighted by Gasteiger charge is -2.04. The summed E-state index contributed by atoms with van der Waals surface area (Å²) in [7, 11) is 0. The molecule has 0 aliphatic rings. The molecule has 2 N–H and O–H groups in total. The zero-order chi connectivity index (χ0) is 11.5. The Labute approximate surface area is 96.9 Å². The third-order valence-corrected chi connectivity index (χ3v) is 2.31. The fourth-order valence-electron chi connectivity index (χ4n) is 1.35. The molecular weight excluding hydrogens is 228 g/mol. The number of hydrogen-bond acceptors (Lipinski definition) is 3. The number of nitrogens with one attached hydrogen (secondary N) is 1. The van der Waals surface area contributed by atoms with Crippen molar-refractivity contribution in [3.05, 3.63) is 35.4 Å².